The lowest BCUT2D eigenvalue weighted by atomic mass is 9.95. The van der Waals surface area contributed by atoms with E-state index in [9.17, 15) is 9.90 Å². The number of aliphatic carboxylic acids is 1. The highest BCUT2D eigenvalue weighted by molar-refractivity contribution is 5.85. The quantitative estimate of drug-likeness (QED) is 0.366. The van der Waals surface area contributed by atoms with E-state index >= 15 is 0 Å². The van der Waals surface area contributed by atoms with Gasteiger partial charge < -0.3 is 5.11 Å². The molecule has 1 aromatic carbocycles. The fourth-order valence-corrected chi connectivity index (χ4v) is 2.06. The van der Waals surface area contributed by atoms with E-state index in [-0.39, 0.29) is 0 Å². The smallest absolute Gasteiger partial charge is 0.314 e. The van der Waals surface area contributed by atoms with Crippen molar-refractivity contribution in [3.63, 3.8) is 0 Å². The minimum absolute atomic E-state index is 0.452. The molecule has 5 nitrogen and oxygen atoms in total. The highest BCUT2D eigenvalue weighted by Crippen LogP contribution is 2.48. The summed E-state index contributed by atoms with van der Waals surface area (Å²) in [6.07, 6.45) is 6.03. The van der Waals surface area contributed by atoms with Crippen molar-refractivity contribution in [3.05, 3.63) is 51.9 Å². The van der Waals surface area contributed by atoms with Gasteiger partial charge in [-0.2, -0.15) is 0 Å². The van der Waals surface area contributed by atoms with Gasteiger partial charge in [0.2, 0.25) is 0 Å². The van der Waals surface area contributed by atoms with Crippen LogP contribution in [0.3, 0.4) is 0 Å². The number of hydrogen-bond acceptors (Lipinski definition) is 2. The fourth-order valence-electron chi connectivity index (χ4n) is 2.06. The molecule has 1 saturated carbocycles. The standard InChI is InChI=1S/C14H15N3O2/c15-17-16-10-2-1-3-11-4-6-12(7-5-11)14(8-9-14)13(18)19/h1,3-7H,2,8-10H2,(H,18,19). The van der Waals surface area contributed by atoms with Crippen LogP contribution >= 0.6 is 0 Å². The number of nitrogens with zero attached hydrogens (tertiary/aromatic N) is 3. The largest absolute Gasteiger partial charge is 0.481 e. The molecule has 0 unspecified atom stereocenters. The van der Waals surface area contributed by atoms with E-state index in [1.165, 1.54) is 0 Å². The molecule has 2 rings (SSSR count). The van der Waals surface area contributed by atoms with Crippen LogP contribution in [-0.4, -0.2) is 17.6 Å². The van der Waals surface area contributed by atoms with Gasteiger partial charge in [-0.05, 0) is 35.9 Å². The molecule has 1 aliphatic carbocycles. The van der Waals surface area contributed by atoms with Crippen molar-refractivity contribution in [2.45, 2.75) is 24.7 Å². The number of azide groups is 1. The minimum atomic E-state index is -0.731. The molecule has 0 aliphatic heterocycles. The van der Waals surface area contributed by atoms with Crippen LogP contribution in [0.1, 0.15) is 30.4 Å². The zero-order chi connectivity index (χ0) is 13.7. The highest BCUT2D eigenvalue weighted by Gasteiger charge is 2.51. The highest BCUT2D eigenvalue weighted by atomic mass is 16.4. The Morgan fingerprint density at radius 3 is 2.63 bits per heavy atom. The van der Waals surface area contributed by atoms with Crippen LogP contribution in [0.4, 0.5) is 0 Å². The van der Waals surface area contributed by atoms with E-state index in [4.69, 9.17) is 5.53 Å². The van der Waals surface area contributed by atoms with Crippen LogP contribution in [0.25, 0.3) is 16.5 Å². The molecule has 1 aromatic rings. The van der Waals surface area contributed by atoms with Crippen LogP contribution in [0.2, 0.25) is 0 Å². The first kappa shape index (κ1) is 13.2. The Hall–Kier alpha value is -2.26. The molecule has 98 valence electrons. The van der Waals surface area contributed by atoms with Gasteiger partial charge in [0.05, 0.1) is 5.41 Å². The molecule has 0 amide bonds. The second-order valence-corrected chi connectivity index (χ2v) is 4.65. The van der Waals surface area contributed by atoms with Crippen LogP contribution in [0.15, 0.2) is 35.5 Å². The van der Waals surface area contributed by atoms with Crippen LogP contribution in [0.5, 0.6) is 0 Å². The van der Waals surface area contributed by atoms with Gasteiger partial charge in [-0.3, -0.25) is 4.79 Å². The molecular weight excluding hydrogens is 242 g/mol. The first-order valence-corrected chi connectivity index (χ1v) is 6.20. The number of benzene rings is 1. The van der Waals surface area contributed by atoms with E-state index in [0.29, 0.717) is 13.0 Å². The molecule has 0 atom stereocenters. The second-order valence-electron chi connectivity index (χ2n) is 4.65. The molecular formula is C14H15N3O2. The predicted octanol–water partition coefficient (Wildman–Crippen LogP) is 3.52. The molecule has 1 N–H and O–H groups in total. The summed E-state index contributed by atoms with van der Waals surface area (Å²) in [4.78, 5) is 13.9. The third-order valence-electron chi connectivity index (χ3n) is 3.39. The Bertz CT molecular complexity index is 538. The van der Waals surface area contributed by atoms with Gasteiger partial charge in [0.15, 0.2) is 0 Å². The number of rotatable bonds is 6. The van der Waals surface area contributed by atoms with Crippen molar-refractivity contribution in [1.82, 2.24) is 0 Å². The van der Waals surface area contributed by atoms with Gasteiger partial charge in [-0.25, -0.2) is 0 Å². The maximum absolute atomic E-state index is 11.2. The molecule has 0 heterocycles. The summed E-state index contributed by atoms with van der Waals surface area (Å²) >= 11 is 0. The molecule has 1 fully saturated rings. The number of carboxylic acid groups (broad SMARTS) is 1. The monoisotopic (exact) mass is 257 g/mol. The number of carboxylic acids is 1. The van der Waals surface area contributed by atoms with Gasteiger partial charge in [0.1, 0.15) is 0 Å². The maximum Gasteiger partial charge on any atom is 0.314 e. The van der Waals surface area contributed by atoms with Gasteiger partial charge in [-0.15, -0.1) is 0 Å². The van der Waals surface area contributed by atoms with Crippen LogP contribution < -0.4 is 0 Å². The topological polar surface area (TPSA) is 86.1 Å². The summed E-state index contributed by atoms with van der Waals surface area (Å²) in [5, 5.41) is 12.6. The van der Waals surface area contributed by atoms with E-state index in [1.807, 2.05) is 36.4 Å². The maximum atomic E-state index is 11.2. The molecule has 0 saturated heterocycles. The first-order chi connectivity index (χ1) is 9.19. The molecule has 0 radical (unpaired) electrons. The van der Waals surface area contributed by atoms with E-state index < -0.39 is 11.4 Å². The average Bonchev–Trinajstić information content (AvgIpc) is 3.21. The number of hydrogen-bond donors (Lipinski definition) is 1. The zero-order valence-corrected chi connectivity index (χ0v) is 10.5. The lowest BCUT2D eigenvalue weighted by Gasteiger charge is -2.09. The third-order valence-corrected chi connectivity index (χ3v) is 3.39. The number of carbonyl (C=O) groups is 1. The summed E-state index contributed by atoms with van der Waals surface area (Å²) in [7, 11) is 0. The summed E-state index contributed by atoms with van der Waals surface area (Å²) in [6.45, 7) is 0.452. The fraction of sp³-hybridized carbons (Fsp3) is 0.357. The van der Waals surface area contributed by atoms with Gasteiger partial charge in [0.25, 0.3) is 0 Å². The van der Waals surface area contributed by atoms with Crippen LogP contribution in [-0.2, 0) is 10.2 Å². The second kappa shape index (κ2) is 5.59. The van der Waals surface area contributed by atoms with Crippen molar-refractivity contribution in [2.24, 2.45) is 5.11 Å². The van der Waals surface area contributed by atoms with E-state index in [0.717, 1.165) is 24.0 Å². The molecule has 0 aromatic heterocycles. The van der Waals surface area contributed by atoms with E-state index in [1.54, 1.807) is 0 Å². The summed E-state index contributed by atoms with van der Waals surface area (Å²) in [5.74, 6) is -0.731. The lowest BCUT2D eigenvalue weighted by molar-refractivity contribution is -0.140. The Kier molecular flexibility index (Phi) is 3.88. The van der Waals surface area contributed by atoms with Gasteiger partial charge >= 0.3 is 5.97 Å². The minimum Gasteiger partial charge on any atom is -0.481 e. The van der Waals surface area contributed by atoms with Crippen molar-refractivity contribution in [2.75, 3.05) is 6.54 Å². The Morgan fingerprint density at radius 2 is 2.11 bits per heavy atom. The van der Waals surface area contributed by atoms with Crippen molar-refractivity contribution in [3.8, 4) is 0 Å². The Balaban J connectivity index is 1.99. The first-order valence-electron chi connectivity index (χ1n) is 6.20. The average molecular weight is 257 g/mol. The normalized spacial score (nSPS) is 16.0. The van der Waals surface area contributed by atoms with E-state index in [2.05, 4.69) is 10.0 Å². The molecule has 1 aliphatic rings. The van der Waals surface area contributed by atoms with Gasteiger partial charge in [0, 0.05) is 11.5 Å². The Morgan fingerprint density at radius 1 is 1.42 bits per heavy atom. The predicted molar refractivity (Wildman–Crippen MR) is 72.7 cm³/mol. The van der Waals surface area contributed by atoms with Crippen molar-refractivity contribution >= 4 is 12.0 Å². The van der Waals surface area contributed by atoms with Crippen LogP contribution in [0, 0.1) is 0 Å². The zero-order valence-electron chi connectivity index (χ0n) is 10.5. The molecule has 5 heteroatoms. The molecule has 19 heavy (non-hydrogen) atoms. The SMILES string of the molecule is [N-]=[N+]=NCCC=Cc1ccc(C2(C(=O)O)CC2)cc1. The Labute approximate surface area is 111 Å². The summed E-state index contributed by atoms with van der Waals surface area (Å²) in [6, 6.07) is 7.60. The lowest BCUT2D eigenvalue weighted by Crippen LogP contribution is -2.19. The van der Waals surface area contributed by atoms with Gasteiger partial charge in [-0.1, -0.05) is 41.5 Å². The third kappa shape index (κ3) is 2.95. The van der Waals surface area contributed by atoms with Crippen molar-refractivity contribution < 1.29 is 9.90 Å². The van der Waals surface area contributed by atoms with Crippen molar-refractivity contribution in [1.29, 1.82) is 0 Å². The molecule has 0 spiro atoms. The summed E-state index contributed by atoms with van der Waals surface area (Å²) < 4.78 is 0. The summed E-state index contributed by atoms with van der Waals surface area (Å²) in [5.41, 5.74) is 9.39. The molecule has 0 bridgehead atoms.